The smallest absolute Gasteiger partial charge is 0.139 e. The van der Waals surface area contributed by atoms with Gasteiger partial charge >= 0.3 is 0 Å². The largest absolute Gasteiger partial charge is 0.370 e. The molecule has 144 valence electrons. The Balaban J connectivity index is 1.67. The average molecular weight is 358 g/mol. The van der Waals surface area contributed by atoms with Gasteiger partial charge in [0.05, 0.1) is 11.0 Å². The Bertz CT molecular complexity index is 652. The molecule has 3 rings (SSSR count). The minimum absolute atomic E-state index is 0.179. The molecule has 1 fully saturated rings. The molecule has 1 aromatic heterocycles. The zero-order valence-corrected chi connectivity index (χ0v) is 16.6. The van der Waals surface area contributed by atoms with Crippen LogP contribution in [0, 0.1) is 0 Å². The number of hydrogen-bond donors (Lipinski definition) is 0. The van der Waals surface area contributed by atoms with Gasteiger partial charge in [-0.25, -0.2) is 4.98 Å². The van der Waals surface area contributed by atoms with E-state index < -0.39 is 0 Å². The summed E-state index contributed by atoms with van der Waals surface area (Å²) >= 11 is 0. The molecule has 1 saturated heterocycles. The quantitative estimate of drug-likeness (QED) is 0.555. The Hall–Kier alpha value is -1.39. The number of fused-ring (bicyclic) bond motifs is 1. The van der Waals surface area contributed by atoms with Gasteiger partial charge < -0.3 is 14.2 Å². The molecule has 2 heterocycles. The second-order valence-corrected chi connectivity index (χ2v) is 7.51. The summed E-state index contributed by atoms with van der Waals surface area (Å²) in [6, 6.07) is 8.52. The fourth-order valence-electron chi connectivity index (χ4n) is 3.91. The molecule has 0 radical (unpaired) electrons. The van der Waals surface area contributed by atoms with Crippen LogP contribution in [0.15, 0.2) is 24.3 Å². The molecule has 0 N–H and O–H groups in total. The van der Waals surface area contributed by atoms with E-state index in [0.717, 1.165) is 37.3 Å². The number of nitrogens with zero attached hydrogens (tertiary/aromatic N) is 3. The first kappa shape index (κ1) is 19.4. The first-order valence-corrected chi connectivity index (χ1v) is 10.6. The highest BCUT2D eigenvalue weighted by molar-refractivity contribution is 5.76. The van der Waals surface area contributed by atoms with E-state index in [9.17, 15) is 0 Å². The number of aryl methyl sites for hydroxylation is 1. The Morgan fingerprint density at radius 3 is 2.50 bits per heavy atom. The standard InChI is InChI=1S/C22H35N3O/c1-3-5-14-24(15-6-4-2)16-10-17-25-20-12-8-7-11-19(20)23-22(25)21-13-9-18-26-21/h7-8,11-12,21H,3-6,9-10,13-18H2,1-2H3. The summed E-state index contributed by atoms with van der Waals surface area (Å²) in [5.74, 6) is 1.14. The molecule has 26 heavy (non-hydrogen) atoms. The number of rotatable bonds is 11. The van der Waals surface area contributed by atoms with Crippen LogP contribution in [0.1, 0.15) is 70.7 Å². The number of hydrogen-bond acceptors (Lipinski definition) is 3. The monoisotopic (exact) mass is 357 g/mol. The molecule has 0 saturated carbocycles. The lowest BCUT2D eigenvalue weighted by Gasteiger charge is -2.22. The van der Waals surface area contributed by atoms with Crippen molar-refractivity contribution in [1.29, 1.82) is 0 Å². The Kier molecular flexibility index (Phi) is 7.51. The van der Waals surface area contributed by atoms with Crippen molar-refractivity contribution in [2.45, 2.75) is 71.4 Å². The molecule has 4 heteroatoms. The van der Waals surface area contributed by atoms with E-state index in [4.69, 9.17) is 9.72 Å². The van der Waals surface area contributed by atoms with Crippen LogP contribution in [0.4, 0.5) is 0 Å². The zero-order valence-electron chi connectivity index (χ0n) is 16.6. The summed E-state index contributed by atoms with van der Waals surface area (Å²) in [5.41, 5.74) is 2.36. The summed E-state index contributed by atoms with van der Waals surface area (Å²) in [5, 5.41) is 0. The van der Waals surface area contributed by atoms with Crippen LogP contribution in [0.25, 0.3) is 11.0 Å². The predicted molar refractivity (Wildman–Crippen MR) is 109 cm³/mol. The lowest BCUT2D eigenvalue weighted by atomic mass is 10.2. The maximum absolute atomic E-state index is 5.95. The van der Waals surface area contributed by atoms with Crippen molar-refractivity contribution in [3.05, 3.63) is 30.1 Å². The van der Waals surface area contributed by atoms with E-state index in [2.05, 4.69) is 47.6 Å². The fraction of sp³-hybridized carbons (Fsp3) is 0.682. The average Bonchev–Trinajstić information content (AvgIpc) is 3.31. The molecule has 1 atom stereocenters. The summed E-state index contributed by atoms with van der Waals surface area (Å²) in [7, 11) is 0. The van der Waals surface area contributed by atoms with Crippen molar-refractivity contribution in [3.63, 3.8) is 0 Å². The lowest BCUT2D eigenvalue weighted by molar-refractivity contribution is 0.102. The Morgan fingerprint density at radius 2 is 1.81 bits per heavy atom. The number of aromatic nitrogens is 2. The molecule has 1 aliphatic heterocycles. The molecular formula is C22H35N3O. The van der Waals surface area contributed by atoms with Crippen LogP contribution in [0.2, 0.25) is 0 Å². The van der Waals surface area contributed by atoms with Gasteiger partial charge in [-0.3, -0.25) is 0 Å². The van der Waals surface area contributed by atoms with Crippen LogP contribution >= 0.6 is 0 Å². The van der Waals surface area contributed by atoms with Gasteiger partial charge in [-0.2, -0.15) is 0 Å². The highest BCUT2D eigenvalue weighted by Crippen LogP contribution is 2.30. The Morgan fingerprint density at radius 1 is 1.08 bits per heavy atom. The highest BCUT2D eigenvalue weighted by Gasteiger charge is 2.24. The second kappa shape index (κ2) is 10.1. The van der Waals surface area contributed by atoms with Crippen molar-refractivity contribution in [2.75, 3.05) is 26.2 Å². The maximum Gasteiger partial charge on any atom is 0.139 e. The molecule has 1 aromatic carbocycles. The predicted octanol–water partition coefficient (Wildman–Crippen LogP) is 5.18. The molecule has 0 bridgehead atoms. The number of imidazole rings is 1. The van der Waals surface area contributed by atoms with Crippen molar-refractivity contribution < 1.29 is 4.74 Å². The third kappa shape index (κ3) is 4.86. The van der Waals surface area contributed by atoms with Crippen LogP contribution in [-0.2, 0) is 11.3 Å². The fourth-order valence-corrected chi connectivity index (χ4v) is 3.91. The molecular weight excluding hydrogens is 322 g/mol. The van der Waals surface area contributed by atoms with E-state index in [1.54, 1.807) is 0 Å². The molecule has 4 nitrogen and oxygen atoms in total. The van der Waals surface area contributed by atoms with Gasteiger partial charge in [-0.15, -0.1) is 0 Å². The van der Waals surface area contributed by atoms with Crippen molar-refractivity contribution in [2.24, 2.45) is 0 Å². The first-order valence-electron chi connectivity index (χ1n) is 10.6. The van der Waals surface area contributed by atoms with E-state index in [0.29, 0.717) is 0 Å². The third-order valence-corrected chi connectivity index (χ3v) is 5.41. The molecule has 1 unspecified atom stereocenters. The van der Waals surface area contributed by atoms with Crippen molar-refractivity contribution in [3.8, 4) is 0 Å². The van der Waals surface area contributed by atoms with E-state index >= 15 is 0 Å². The zero-order chi connectivity index (χ0) is 18.2. The van der Waals surface area contributed by atoms with Crippen molar-refractivity contribution in [1.82, 2.24) is 14.5 Å². The summed E-state index contributed by atoms with van der Waals surface area (Å²) in [4.78, 5) is 7.57. The lowest BCUT2D eigenvalue weighted by Crippen LogP contribution is -2.28. The molecule has 1 aliphatic rings. The van der Waals surface area contributed by atoms with Gasteiger partial charge in [0.25, 0.3) is 0 Å². The van der Waals surface area contributed by atoms with Crippen LogP contribution in [0.5, 0.6) is 0 Å². The maximum atomic E-state index is 5.95. The molecule has 0 amide bonds. The summed E-state index contributed by atoms with van der Waals surface area (Å²) in [6.45, 7) is 10.1. The minimum Gasteiger partial charge on any atom is -0.370 e. The van der Waals surface area contributed by atoms with E-state index in [-0.39, 0.29) is 6.10 Å². The van der Waals surface area contributed by atoms with Gasteiger partial charge in [-0.05, 0) is 63.9 Å². The first-order chi connectivity index (χ1) is 12.8. The topological polar surface area (TPSA) is 30.3 Å². The number of unbranched alkanes of at least 4 members (excludes halogenated alkanes) is 2. The number of ether oxygens (including phenoxy) is 1. The van der Waals surface area contributed by atoms with E-state index in [1.807, 2.05) is 0 Å². The SMILES string of the molecule is CCCCN(CCCC)CCCn1c(C2CCCO2)nc2ccccc21. The summed E-state index contributed by atoms with van der Waals surface area (Å²) in [6.07, 6.45) is 8.76. The molecule has 0 spiro atoms. The number of para-hydroxylation sites is 2. The van der Waals surface area contributed by atoms with Gasteiger partial charge in [0, 0.05) is 13.2 Å². The normalized spacial score (nSPS) is 17.6. The van der Waals surface area contributed by atoms with Crippen molar-refractivity contribution >= 4 is 11.0 Å². The van der Waals surface area contributed by atoms with Crippen LogP contribution < -0.4 is 0 Å². The van der Waals surface area contributed by atoms with Gasteiger partial charge in [0.1, 0.15) is 11.9 Å². The van der Waals surface area contributed by atoms with Gasteiger partial charge in [0.2, 0.25) is 0 Å². The molecule has 2 aromatic rings. The minimum atomic E-state index is 0.179. The summed E-state index contributed by atoms with van der Waals surface area (Å²) < 4.78 is 8.37. The third-order valence-electron chi connectivity index (χ3n) is 5.41. The second-order valence-electron chi connectivity index (χ2n) is 7.51. The highest BCUT2D eigenvalue weighted by atomic mass is 16.5. The van der Waals surface area contributed by atoms with Gasteiger partial charge in [-0.1, -0.05) is 38.8 Å². The van der Waals surface area contributed by atoms with Gasteiger partial charge in [0.15, 0.2) is 0 Å². The molecule has 0 aliphatic carbocycles. The van der Waals surface area contributed by atoms with E-state index in [1.165, 1.54) is 57.3 Å². The Labute approximate surface area is 158 Å². The van der Waals surface area contributed by atoms with Crippen LogP contribution in [-0.4, -0.2) is 40.7 Å². The van der Waals surface area contributed by atoms with Crippen LogP contribution in [0.3, 0.4) is 0 Å². The number of benzene rings is 1.